The Kier molecular flexibility index (Phi) is 9.20. The summed E-state index contributed by atoms with van der Waals surface area (Å²) in [6.45, 7) is 9.39. The molecule has 1 saturated heterocycles. The first-order chi connectivity index (χ1) is 13.7. The summed E-state index contributed by atoms with van der Waals surface area (Å²) in [5.74, 6) is 0.101. The third kappa shape index (κ3) is 8.50. The molecule has 0 bridgehead atoms. The summed E-state index contributed by atoms with van der Waals surface area (Å²) in [5.41, 5.74) is 0.968. The number of amides is 1. The molecule has 1 heterocycles. The number of carbonyl (C=O) groups excluding carboxylic acids is 2. The molecule has 1 aromatic carbocycles. The highest BCUT2D eigenvalue weighted by atomic mass is 127. The number of ether oxygens (including phenoxy) is 2. The Hall–Kier alpha value is -1.35. The maximum atomic E-state index is 12.7. The van der Waals surface area contributed by atoms with Crippen LogP contribution in [0.25, 0.3) is 0 Å². The number of esters is 1. The Bertz CT molecular complexity index is 661. The molecule has 1 aliphatic heterocycles. The fourth-order valence-electron chi connectivity index (χ4n) is 3.40. The molecule has 0 aliphatic carbocycles. The summed E-state index contributed by atoms with van der Waals surface area (Å²) in [6, 6.07) is 9.31. The summed E-state index contributed by atoms with van der Waals surface area (Å²) in [6.07, 6.45) is 2.24. The average Bonchev–Trinajstić information content (AvgIpc) is 3.11. The number of likely N-dealkylation sites (tertiary alicyclic amines) is 1. The van der Waals surface area contributed by atoms with Crippen LogP contribution >= 0.6 is 22.6 Å². The number of carbonyl (C=O) groups is 2. The van der Waals surface area contributed by atoms with Crippen molar-refractivity contribution in [3.63, 3.8) is 0 Å². The molecule has 0 radical (unpaired) electrons. The maximum Gasteiger partial charge on any atom is 0.411 e. The van der Waals surface area contributed by atoms with Crippen LogP contribution in [0.2, 0.25) is 0 Å². The first-order valence-electron chi connectivity index (χ1n) is 10.3. The van der Waals surface area contributed by atoms with Gasteiger partial charge in [0.15, 0.2) is 3.61 Å². The van der Waals surface area contributed by atoms with Gasteiger partial charge in [0.1, 0.15) is 12.6 Å². The molecular formula is C22H33IN2O4. The van der Waals surface area contributed by atoms with Crippen molar-refractivity contribution in [1.82, 2.24) is 10.2 Å². The zero-order chi connectivity index (χ0) is 21.4. The molecule has 7 heteroatoms. The average molecular weight is 516 g/mol. The zero-order valence-corrected chi connectivity index (χ0v) is 20.0. The molecule has 1 fully saturated rings. The smallest absolute Gasteiger partial charge is 0.411 e. The van der Waals surface area contributed by atoms with E-state index in [0.29, 0.717) is 25.4 Å². The molecule has 0 spiro atoms. The van der Waals surface area contributed by atoms with Crippen molar-refractivity contribution in [2.75, 3.05) is 13.1 Å². The molecule has 6 nitrogen and oxygen atoms in total. The Labute approximate surface area is 187 Å². The van der Waals surface area contributed by atoms with Gasteiger partial charge in [0, 0.05) is 19.1 Å². The molecule has 2 atom stereocenters. The molecule has 0 aromatic heterocycles. The number of rotatable bonds is 9. The van der Waals surface area contributed by atoms with Crippen molar-refractivity contribution in [1.29, 1.82) is 0 Å². The molecule has 1 aromatic rings. The summed E-state index contributed by atoms with van der Waals surface area (Å²) in [7, 11) is 0. The quantitative estimate of drug-likeness (QED) is 0.297. The molecule has 1 aliphatic rings. The predicted molar refractivity (Wildman–Crippen MR) is 122 cm³/mol. The second-order valence-corrected chi connectivity index (χ2v) is 11.0. The standard InChI is InChI=1S/C22H33IN2O4/c1-16(2)13-19(20(26)28-15-17-9-6-5-7-10-17)24-14-18-11-8-12-25(18)21(27)29-22(3,4)23/h5-7,9-10,16,18-19,24H,8,11-15H2,1-4H3/t18-,19+/m0/s1. The summed E-state index contributed by atoms with van der Waals surface area (Å²) in [5, 5.41) is 3.35. The molecule has 2 rings (SSSR count). The molecule has 29 heavy (non-hydrogen) atoms. The van der Waals surface area contributed by atoms with Crippen LogP contribution in [0.3, 0.4) is 0 Å². The van der Waals surface area contributed by atoms with E-state index < -0.39 is 9.65 Å². The minimum absolute atomic E-state index is 0.0258. The van der Waals surface area contributed by atoms with Crippen molar-refractivity contribution in [3.05, 3.63) is 35.9 Å². The second kappa shape index (κ2) is 11.2. The largest absolute Gasteiger partial charge is 0.460 e. The van der Waals surface area contributed by atoms with Gasteiger partial charge in [-0.25, -0.2) is 4.79 Å². The van der Waals surface area contributed by atoms with Gasteiger partial charge >= 0.3 is 12.1 Å². The van der Waals surface area contributed by atoms with E-state index in [1.54, 1.807) is 4.90 Å². The lowest BCUT2D eigenvalue weighted by molar-refractivity contribution is -0.148. The monoisotopic (exact) mass is 516 g/mol. The summed E-state index contributed by atoms with van der Waals surface area (Å²) >= 11 is 2.11. The number of nitrogens with one attached hydrogen (secondary N) is 1. The zero-order valence-electron chi connectivity index (χ0n) is 17.8. The Morgan fingerprint density at radius 1 is 1.28 bits per heavy atom. The van der Waals surface area contributed by atoms with Gasteiger partial charge in [-0.3, -0.25) is 4.79 Å². The SMILES string of the molecule is CC(C)C[C@@H](NC[C@@H]1CCCN1C(=O)OC(C)(C)I)C(=O)OCc1ccccc1. The van der Waals surface area contributed by atoms with Gasteiger partial charge in [-0.2, -0.15) is 0 Å². The van der Waals surface area contributed by atoms with Crippen LogP contribution in [0, 0.1) is 5.92 Å². The van der Waals surface area contributed by atoms with E-state index in [9.17, 15) is 9.59 Å². The minimum atomic E-state index is -0.545. The van der Waals surface area contributed by atoms with E-state index in [-0.39, 0.29) is 24.7 Å². The summed E-state index contributed by atoms with van der Waals surface area (Å²) < 4.78 is 10.5. The Balaban J connectivity index is 1.91. The van der Waals surface area contributed by atoms with E-state index in [1.165, 1.54) is 0 Å². The first kappa shape index (κ1) is 23.9. The first-order valence-corrected chi connectivity index (χ1v) is 11.4. The molecule has 1 amide bonds. The topological polar surface area (TPSA) is 67.9 Å². The van der Waals surface area contributed by atoms with Gasteiger partial charge in [0.25, 0.3) is 0 Å². The number of halogens is 1. The fraction of sp³-hybridized carbons (Fsp3) is 0.636. The van der Waals surface area contributed by atoms with Gasteiger partial charge in [-0.05, 0) is 67.2 Å². The molecule has 1 N–H and O–H groups in total. The van der Waals surface area contributed by atoms with E-state index in [2.05, 4.69) is 41.8 Å². The van der Waals surface area contributed by atoms with Gasteiger partial charge in [-0.15, -0.1) is 0 Å². The second-order valence-electron chi connectivity index (χ2n) is 8.40. The summed E-state index contributed by atoms with van der Waals surface area (Å²) in [4.78, 5) is 26.9. The molecule has 162 valence electrons. The van der Waals surface area contributed by atoms with E-state index >= 15 is 0 Å². The van der Waals surface area contributed by atoms with Crippen LogP contribution < -0.4 is 5.32 Å². The lowest BCUT2D eigenvalue weighted by atomic mass is 10.0. The van der Waals surface area contributed by atoms with Gasteiger partial charge < -0.3 is 19.7 Å². The van der Waals surface area contributed by atoms with Crippen LogP contribution in [0.15, 0.2) is 30.3 Å². The molecule has 0 unspecified atom stereocenters. The number of benzene rings is 1. The third-order valence-electron chi connectivity index (χ3n) is 4.76. The number of nitrogens with zero attached hydrogens (tertiary/aromatic N) is 1. The van der Waals surface area contributed by atoms with Gasteiger partial charge in [0.2, 0.25) is 0 Å². The fourth-order valence-corrected chi connectivity index (χ4v) is 3.58. The highest BCUT2D eigenvalue weighted by molar-refractivity contribution is 14.1. The van der Waals surface area contributed by atoms with Gasteiger partial charge in [-0.1, -0.05) is 44.2 Å². The number of alkyl halides is 1. The van der Waals surface area contributed by atoms with Crippen molar-refractivity contribution in [3.8, 4) is 0 Å². The predicted octanol–water partition coefficient (Wildman–Crippen LogP) is 4.51. The van der Waals surface area contributed by atoms with E-state index in [0.717, 1.165) is 18.4 Å². The Morgan fingerprint density at radius 2 is 1.97 bits per heavy atom. The third-order valence-corrected chi connectivity index (χ3v) is 4.98. The van der Waals surface area contributed by atoms with Crippen LogP contribution in [0.5, 0.6) is 0 Å². The molecule has 0 saturated carbocycles. The normalized spacial score (nSPS) is 18.0. The minimum Gasteiger partial charge on any atom is -0.460 e. The van der Waals surface area contributed by atoms with Gasteiger partial charge in [0.05, 0.1) is 0 Å². The maximum absolute atomic E-state index is 12.7. The van der Waals surface area contributed by atoms with E-state index in [1.807, 2.05) is 44.2 Å². The molecular weight excluding hydrogens is 483 g/mol. The van der Waals surface area contributed by atoms with Crippen molar-refractivity contribution in [2.45, 2.75) is 69.3 Å². The van der Waals surface area contributed by atoms with Crippen LogP contribution in [0.4, 0.5) is 4.79 Å². The van der Waals surface area contributed by atoms with Crippen molar-refractivity contribution < 1.29 is 19.1 Å². The van der Waals surface area contributed by atoms with E-state index in [4.69, 9.17) is 9.47 Å². The van der Waals surface area contributed by atoms with Crippen molar-refractivity contribution >= 4 is 34.7 Å². The number of hydrogen-bond acceptors (Lipinski definition) is 5. The number of hydrogen-bond donors (Lipinski definition) is 1. The van der Waals surface area contributed by atoms with Crippen LogP contribution in [-0.4, -0.2) is 45.7 Å². The van der Waals surface area contributed by atoms with Crippen molar-refractivity contribution in [2.24, 2.45) is 5.92 Å². The highest BCUT2D eigenvalue weighted by Crippen LogP contribution is 2.24. The van der Waals surface area contributed by atoms with Crippen LogP contribution in [0.1, 0.15) is 52.5 Å². The Morgan fingerprint density at radius 3 is 2.59 bits per heavy atom. The lowest BCUT2D eigenvalue weighted by Crippen LogP contribution is -2.48. The highest BCUT2D eigenvalue weighted by Gasteiger charge is 2.33. The lowest BCUT2D eigenvalue weighted by Gasteiger charge is -2.29. The van der Waals surface area contributed by atoms with Crippen LogP contribution in [-0.2, 0) is 20.9 Å².